The highest BCUT2D eigenvalue weighted by Crippen LogP contribution is 2.26. The molecule has 0 fully saturated rings. The Morgan fingerprint density at radius 2 is 0.557 bits per heavy atom. The molecule has 0 amide bonds. The van der Waals surface area contributed by atoms with Crippen LogP contribution in [0.5, 0.6) is 0 Å². The molecular weight excluding hydrogens is 1200 g/mol. The molecule has 15 aromatic rings. The molecule has 12 aromatic heterocycles. The van der Waals surface area contributed by atoms with E-state index in [1.54, 1.807) is 93.0 Å². The van der Waals surface area contributed by atoms with Crippen LogP contribution in [0.15, 0.2) is 300 Å². The van der Waals surface area contributed by atoms with Crippen LogP contribution < -0.4 is 0 Å². The summed E-state index contributed by atoms with van der Waals surface area (Å²) in [6.45, 7) is 13.7. The quantitative estimate of drug-likeness (QED) is 0.138. The van der Waals surface area contributed by atoms with Crippen molar-refractivity contribution < 1.29 is 0 Å². The lowest BCUT2D eigenvalue weighted by Crippen LogP contribution is -1.90. The number of hydrogen-bond acceptors (Lipinski definition) is 18. The lowest BCUT2D eigenvalue weighted by atomic mass is 10.0. The molecule has 0 spiro atoms. The Morgan fingerprint density at radius 1 is 0.196 bits per heavy atom. The lowest BCUT2D eigenvalue weighted by molar-refractivity contribution is 1.05. The Labute approximate surface area is 565 Å². The summed E-state index contributed by atoms with van der Waals surface area (Å²) in [5.74, 6) is 4.49. The van der Waals surface area contributed by atoms with E-state index >= 15 is 0 Å². The molecular formula is C79H70N18. The molecule has 0 unspecified atom stereocenters. The number of pyridine rings is 6. The van der Waals surface area contributed by atoms with Gasteiger partial charge in [0.05, 0.1) is 5.69 Å². The second kappa shape index (κ2) is 36.9. The summed E-state index contributed by atoms with van der Waals surface area (Å²) >= 11 is 0. The molecule has 97 heavy (non-hydrogen) atoms. The van der Waals surface area contributed by atoms with E-state index in [1.165, 1.54) is 11.1 Å². The van der Waals surface area contributed by atoms with Gasteiger partial charge in [-0.2, -0.15) is 0 Å². The third-order valence-corrected chi connectivity index (χ3v) is 13.6. The summed E-state index contributed by atoms with van der Waals surface area (Å²) in [7, 11) is 0. The zero-order valence-electron chi connectivity index (χ0n) is 54.8. The highest BCUT2D eigenvalue weighted by atomic mass is 14.9. The predicted octanol–water partition coefficient (Wildman–Crippen LogP) is 16.4. The first-order valence-corrected chi connectivity index (χ1v) is 30.9. The Hall–Kier alpha value is -13.0. The van der Waals surface area contributed by atoms with E-state index in [9.17, 15) is 0 Å². The Bertz CT molecular complexity index is 3970. The van der Waals surface area contributed by atoms with Crippen LogP contribution in [-0.2, 0) is 0 Å². The SMILES string of the molecule is Cc1cc(-c2ccccc2)cc(-c2ccccc2)n1.Cc1cnc(-c2ccccc2)nc1.Cc1cnc(-c2ccccn2)nc1.Cc1cnc(-c2cccnc2)nc1.Cc1cnc(-c2ccncc2)nc1.Cc1ncc(-c2cccnc2)cn1.Cc1ncc(-c2ccncc2)cn1. The van der Waals surface area contributed by atoms with E-state index < -0.39 is 0 Å². The first-order chi connectivity index (χ1) is 47.5. The Morgan fingerprint density at radius 3 is 0.990 bits per heavy atom. The fraction of sp³-hybridized carbons (Fsp3) is 0.0886. The molecule has 0 aliphatic carbocycles. The number of aryl methyl sites for hydroxylation is 7. The second-order valence-electron chi connectivity index (χ2n) is 21.5. The van der Waals surface area contributed by atoms with Crippen molar-refractivity contribution in [1.29, 1.82) is 0 Å². The van der Waals surface area contributed by atoms with Crippen LogP contribution in [0.25, 0.3) is 90.3 Å². The topological polar surface area (TPSA) is 232 Å². The molecule has 12 heterocycles. The lowest BCUT2D eigenvalue weighted by Gasteiger charge is -2.07. The minimum absolute atomic E-state index is 0.672. The first-order valence-electron chi connectivity index (χ1n) is 30.9. The summed E-state index contributed by atoms with van der Waals surface area (Å²) in [5.41, 5.74) is 17.9. The highest BCUT2D eigenvalue weighted by molar-refractivity contribution is 5.71. The largest absolute Gasteiger partial charge is 0.265 e. The first kappa shape index (κ1) is 68.4. The predicted molar refractivity (Wildman–Crippen MR) is 382 cm³/mol. The van der Waals surface area contributed by atoms with Crippen LogP contribution >= 0.6 is 0 Å². The van der Waals surface area contributed by atoms with Gasteiger partial charge in [0.1, 0.15) is 17.3 Å². The van der Waals surface area contributed by atoms with Gasteiger partial charge in [-0.25, -0.2) is 59.8 Å². The van der Waals surface area contributed by atoms with Gasteiger partial charge < -0.3 is 0 Å². The van der Waals surface area contributed by atoms with Gasteiger partial charge in [-0.1, -0.05) is 103 Å². The Kier molecular flexibility index (Phi) is 26.0. The van der Waals surface area contributed by atoms with Crippen molar-refractivity contribution in [2.24, 2.45) is 0 Å². The maximum absolute atomic E-state index is 4.63. The zero-order chi connectivity index (χ0) is 67.7. The number of aromatic nitrogens is 18. The van der Waals surface area contributed by atoms with Crippen molar-refractivity contribution in [3.63, 3.8) is 0 Å². The smallest absolute Gasteiger partial charge is 0.178 e. The molecule has 0 aliphatic heterocycles. The average molecular weight is 1270 g/mol. The summed E-state index contributed by atoms with van der Waals surface area (Å²) in [6.07, 6.45) is 37.5. The fourth-order valence-corrected chi connectivity index (χ4v) is 8.61. The zero-order valence-corrected chi connectivity index (χ0v) is 54.8. The molecule has 0 atom stereocenters. The minimum Gasteiger partial charge on any atom is -0.265 e. The van der Waals surface area contributed by atoms with Crippen molar-refractivity contribution in [3.8, 4) is 90.3 Å². The molecule has 0 aliphatic rings. The van der Waals surface area contributed by atoms with Gasteiger partial charge in [0.2, 0.25) is 0 Å². The van der Waals surface area contributed by atoms with Crippen molar-refractivity contribution in [1.82, 2.24) is 89.7 Å². The second-order valence-corrected chi connectivity index (χ2v) is 21.5. The van der Waals surface area contributed by atoms with Gasteiger partial charge in [0, 0.05) is 175 Å². The Balaban J connectivity index is 0.000000133. The molecule has 0 saturated heterocycles. The minimum atomic E-state index is 0.672. The van der Waals surface area contributed by atoms with Gasteiger partial charge in [0.15, 0.2) is 23.3 Å². The van der Waals surface area contributed by atoms with E-state index in [-0.39, 0.29) is 0 Å². The summed E-state index contributed by atoms with van der Waals surface area (Å²) in [6, 6.07) is 56.0. The highest BCUT2D eigenvalue weighted by Gasteiger charge is 2.06. The number of nitrogens with zero attached hydrogens (tertiary/aromatic N) is 18. The molecule has 18 heteroatoms. The van der Waals surface area contributed by atoms with Gasteiger partial charge in [-0.15, -0.1) is 0 Å². The number of hydrogen-bond donors (Lipinski definition) is 0. The molecule has 0 bridgehead atoms. The van der Waals surface area contributed by atoms with Crippen molar-refractivity contribution in [2.45, 2.75) is 48.5 Å². The van der Waals surface area contributed by atoms with Gasteiger partial charge in [-0.3, -0.25) is 29.9 Å². The van der Waals surface area contributed by atoms with E-state index in [0.717, 1.165) is 113 Å². The van der Waals surface area contributed by atoms with Gasteiger partial charge in [-0.05, 0) is 154 Å². The maximum Gasteiger partial charge on any atom is 0.178 e. The monoisotopic (exact) mass is 1270 g/mol. The van der Waals surface area contributed by atoms with Crippen LogP contribution in [0, 0.1) is 48.5 Å². The standard InChI is InChI=1S/C18H15N.C11H10N2.5C10H9N3/c1-14-12-17(15-8-4-2-5-9-15)13-18(19-14)16-10-6-3-7-11-16;1-9-7-12-11(13-8-9)10-5-3-2-4-6-10;1-8-12-6-10(7-13-8)9-2-4-11-5-3-9;1-8-6-12-10(13-7-8)9-2-4-11-5-3-9;1-8-12-6-10(7-13-8)9-3-2-4-11-5-9;1-8-5-12-10(13-6-8)9-3-2-4-11-7-9;1-8-6-12-10(13-7-8)9-4-2-3-5-11-9/h2-13H,1H3;2-8H,1H3;5*2-7H,1H3. The number of benzene rings is 3. The van der Waals surface area contributed by atoms with Crippen molar-refractivity contribution in [2.75, 3.05) is 0 Å². The fourth-order valence-electron chi connectivity index (χ4n) is 8.61. The van der Waals surface area contributed by atoms with E-state index in [4.69, 9.17) is 0 Å². The van der Waals surface area contributed by atoms with Gasteiger partial charge in [0.25, 0.3) is 0 Å². The molecule has 476 valence electrons. The van der Waals surface area contributed by atoms with Crippen LogP contribution in [0.3, 0.4) is 0 Å². The normalized spacial score (nSPS) is 10.0. The third kappa shape index (κ3) is 22.7. The molecule has 3 aromatic carbocycles. The third-order valence-electron chi connectivity index (χ3n) is 13.6. The van der Waals surface area contributed by atoms with Crippen molar-refractivity contribution in [3.05, 3.63) is 340 Å². The van der Waals surface area contributed by atoms with Crippen LogP contribution in [0.1, 0.15) is 39.6 Å². The summed E-state index contributed by atoms with van der Waals surface area (Å²) < 4.78 is 0. The summed E-state index contributed by atoms with van der Waals surface area (Å²) in [5, 5.41) is 0. The molecule has 18 nitrogen and oxygen atoms in total. The molecule has 0 saturated carbocycles. The molecule has 15 rings (SSSR count). The van der Waals surface area contributed by atoms with Crippen molar-refractivity contribution >= 4 is 0 Å². The van der Waals surface area contributed by atoms with E-state index in [0.29, 0.717) is 5.82 Å². The van der Waals surface area contributed by atoms with Crippen LogP contribution in [0.2, 0.25) is 0 Å². The number of rotatable bonds is 8. The maximum atomic E-state index is 4.63. The van der Waals surface area contributed by atoms with E-state index in [2.05, 4.69) is 138 Å². The van der Waals surface area contributed by atoms with Crippen LogP contribution in [0.4, 0.5) is 0 Å². The average Bonchev–Trinajstić information content (AvgIpc) is 1.05. The molecule has 0 N–H and O–H groups in total. The molecule has 0 radical (unpaired) electrons. The van der Waals surface area contributed by atoms with Crippen LogP contribution in [-0.4, -0.2) is 89.7 Å². The summed E-state index contributed by atoms with van der Waals surface area (Å²) in [4.78, 5) is 74.8. The van der Waals surface area contributed by atoms with E-state index in [1.807, 2.05) is 207 Å². The van der Waals surface area contributed by atoms with Gasteiger partial charge >= 0.3 is 0 Å².